The normalized spacial score (nSPS) is 17.7. The molecular formula is C23H23F2N5O2S. The number of aromatic nitrogens is 4. The van der Waals surface area contributed by atoms with Crippen molar-refractivity contribution in [1.82, 2.24) is 25.5 Å². The van der Waals surface area contributed by atoms with Crippen LogP contribution in [0.2, 0.25) is 0 Å². The summed E-state index contributed by atoms with van der Waals surface area (Å²) in [5.74, 6) is -2.38. The summed E-state index contributed by atoms with van der Waals surface area (Å²) in [6.45, 7) is 0.467. The van der Waals surface area contributed by atoms with Crippen LogP contribution in [0, 0.1) is 0 Å². The molecular weight excluding hydrogens is 448 g/mol. The van der Waals surface area contributed by atoms with Gasteiger partial charge < -0.3 is 10.0 Å². The highest BCUT2D eigenvalue weighted by Gasteiger charge is 2.39. The molecule has 1 saturated heterocycles. The molecule has 33 heavy (non-hydrogen) atoms. The SMILES string of the molecule is O=C1SCC(C=CC(O)C(F)(F)c2ccccc2)N1CCCc1ccccc1-c1nnn[nH]1. The minimum Gasteiger partial charge on any atom is -0.382 e. The number of aliphatic hydroxyl groups is 1. The number of aliphatic hydroxyl groups excluding tert-OH is 1. The van der Waals surface area contributed by atoms with Gasteiger partial charge in [-0.15, -0.1) is 5.10 Å². The number of halogens is 2. The first-order valence-corrected chi connectivity index (χ1v) is 11.5. The lowest BCUT2D eigenvalue weighted by Crippen LogP contribution is -2.34. The highest BCUT2D eigenvalue weighted by molar-refractivity contribution is 8.13. The fourth-order valence-corrected chi connectivity index (χ4v) is 4.75. The summed E-state index contributed by atoms with van der Waals surface area (Å²) in [6.07, 6.45) is 1.99. The van der Waals surface area contributed by atoms with Crippen LogP contribution in [0.15, 0.2) is 66.7 Å². The molecule has 1 fully saturated rings. The second-order valence-electron chi connectivity index (χ2n) is 7.67. The first-order valence-electron chi connectivity index (χ1n) is 10.5. The Labute approximate surface area is 193 Å². The van der Waals surface area contributed by atoms with Crippen molar-refractivity contribution < 1.29 is 18.7 Å². The molecule has 2 N–H and O–H groups in total. The first-order chi connectivity index (χ1) is 16.0. The van der Waals surface area contributed by atoms with Crippen LogP contribution in [0.1, 0.15) is 17.5 Å². The zero-order chi connectivity index (χ0) is 23.3. The second kappa shape index (κ2) is 10.2. The predicted molar refractivity (Wildman–Crippen MR) is 122 cm³/mol. The number of amides is 1. The third kappa shape index (κ3) is 5.28. The Morgan fingerprint density at radius 3 is 2.73 bits per heavy atom. The molecule has 10 heteroatoms. The molecule has 1 aliphatic rings. The Kier molecular flexibility index (Phi) is 7.14. The van der Waals surface area contributed by atoms with Crippen LogP contribution in [0.4, 0.5) is 13.6 Å². The molecule has 0 saturated carbocycles. The number of hydrogen-bond acceptors (Lipinski definition) is 6. The molecule has 0 aliphatic carbocycles. The standard InChI is InChI=1S/C23H23F2N5O2S/c24-23(25,17-9-2-1-3-10-17)20(31)13-12-18-15-33-22(32)30(18)14-6-8-16-7-4-5-11-19(16)21-26-28-29-27-21/h1-5,7,9-13,18,20,31H,6,8,14-15H2,(H,26,27,28,29). The van der Waals surface area contributed by atoms with E-state index < -0.39 is 12.0 Å². The smallest absolute Gasteiger partial charge is 0.302 e. The average molecular weight is 472 g/mol. The number of carbonyl (C=O) groups excluding carboxylic acids is 1. The molecule has 172 valence electrons. The molecule has 0 radical (unpaired) electrons. The van der Waals surface area contributed by atoms with Crippen molar-refractivity contribution in [3.63, 3.8) is 0 Å². The molecule has 2 aromatic carbocycles. The number of aromatic amines is 1. The predicted octanol–water partition coefficient (Wildman–Crippen LogP) is 4.05. The van der Waals surface area contributed by atoms with Gasteiger partial charge in [0, 0.05) is 23.4 Å². The fraction of sp³-hybridized carbons (Fsp3) is 0.304. The highest BCUT2D eigenvalue weighted by atomic mass is 32.2. The summed E-state index contributed by atoms with van der Waals surface area (Å²) >= 11 is 1.15. The molecule has 1 aliphatic heterocycles. The van der Waals surface area contributed by atoms with Crippen LogP contribution in [-0.4, -0.2) is 60.3 Å². The summed E-state index contributed by atoms with van der Waals surface area (Å²) in [6, 6.07) is 14.6. The quantitative estimate of drug-likeness (QED) is 0.458. The Balaban J connectivity index is 1.38. The number of hydrogen-bond donors (Lipinski definition) is 2. The third-order valence-corrected chi connectivity index (χ3v) is 6.51. The zero-order valence-corrected chi connectivity index (χ0v) is 18.5. The van der Waals surface area contributed by atoms with E-state index in [-0.39, 0.29) is 16.8 Å². The van der Waals surface area contributed by atoms with Crippen LogP contribution in [0.25, 0.3) is 11.4 Å². The van der Waals surface area contributed by atoms with E-state index in [4.69, 9.17) is 0 Å². The first kappa shape index (κ1) is 23.1. The molecule has 4 rings (SSSR count). The molecule has 2 atom stereocenters. The third-order valence-electron chi connectivity index (χ3n) is 5.52. The van der Waals surface area contributed by atoms with Crippen LogP contribution < -0.4 is 0 Å². The van der Waals surface area contributed by atoms with E-state index in [0.717, 1.165) is 29.0 Å². The van der Waals surface area contributed by atoms with Crippen molar-refractivity contribution in [2.45, 2.75) is 30.9 Å². The average Bonchev–Trinajstić information content (AvgIpc) is 3.49. The Hall–Kier alpha value is -3.11. The maximum atomic E-state index is 14.5. The number of nitrogens with zero attached hydrogens (tertiary/aromatic N) is 4. The van der Waals surface area contributed by atoms with E-state index in [1.807, 2.05) is 24.3 Å². The molecule has 3 aromatic rings. The number of tetrazole rings is 1. The van der Waals surface area contributed by atoms with Gasteiger partial charge in [0.05, 0.1) is 6.04 Å². The van der Waals surface area contributed by atoms with E-state index in [2.05, 4.69) is 20.6 Å². The lowest BCUT2D eigenvalue weighted by atomic mass is 10.0. The van der Waals surface area contributed by atoms with Gasteiger partial charge in [-0.3, -0.25) is 4.79 Å². The summed E-state index contributed by atoms with van der Waals surface area (Å²) < 4.78 is 29.1. The van der Waals surface area contributed by atoms with Crippen LogP contribution in [0.3, 0.4) is 0 Å². The van der Waals surface area contributed by atoms with E-state index in [1.54, 1.807) is 11.0 Å². The van der Waals surface area contributed by atoms with Gasteiger partial charge >= 0.3 is 5.92 Å². The summed E-state index contributed by atoms with van der Waals surface area (Å²) in [7, 11) is 0. The lowest BCUT2D eigenvalue weighted by Gasteiger charge is -2.23. The van der Waals surface area contributed by atoms with Crippen molar-refractivity contribution in [1.29, 1.82) is 0 Å². The number of aryl methyl sites for hydroxylation is 1. The number of nitrogens with one attached hydrogen (secondary N) is 1. The summed E-state index contributed by atoms with van der Waals surface area (Å²) in [5.41, 5.74) is 1.68. The molecule has 1 aromatic heterocycles. The number of benzene rings is 2. The maximum absolute atomic E-state index is 14.5. The number of rotatable bonds is 9. The summed E-state index contributed by atoms with van der Waals surface area (Å²) in [4.78, 5) is 14.0. The highest BCUT2D eigenvalue weighted by Crippen LogP contribution is 2.33. The lowest BCUT2D eigenvalue weighted by molar-refractivity contribution is -0.0929. The van der Waals surface area contributed by atoms with E-state index >= 15 is 0 Å². The Bertz CT molecular complexity index is 1100. The van der Waals surface area contributed by atoms with Crippen molar-refractivity contribution in [3.8, 4) is 11.4 Å². The van der Waals surface area contributed by atoms with Gasteiger partial charge in [0.25, 0.3) is 5.24 Å². The Morgan fingerprint density at radius 2 is 1.97 bits per heavy atom. The van der Waals surface area contributed by atoms with Gasteiger partial charge in [0.15, 0.2) is 5.82 Å². The second-order valence-corrected chi connectivity index (χ2v) is 8.64. The molecule has 7 nitrogen and oxygen atoms in total. The number of alkyl halides is 2. The van der Waals surface area contributed by atoms with E-state index in [1.165, 1.54) is 30.3 Å². The minimum absolute atomic E-state index is 0.0957. The Morgan fingerprint density at radius 1 is 1.21 bits per heavy atom. The molecule has 2 heterocycles. The minimum atomic E-state index is -3.42. The van der Waals surface area contributed by atoms with Gasteiger partial charge in [-0.1, -0.05) is 78.5 Å². The number of thioether (sulfide) groups is 1. The van der Waals surface area contributed by atoms with Crippen LogP contribution in [0.5, 0.6) is 0 Å². The fourth-order valence-electron chi connectivity index (χ4n) is 3.75. The van der Waals surface area contributed by atoms with Crippen molar-refractivity contribution in [3.05, 3.63) is 77.9 Å². The molecule has 0 bridgehead atoms. The number of carbonyl (C=O) groups is 1. The van der Waals surface area contributed by atoms with Crippen LogP contribution in [-0.2, 0) is 12.3 Å². The monoisotopic (exact) mass is 471 g/mol. The van der Waals surface area contributed by atoms with Gasteiger partial charge in [0.2, 0.25) is 0 Å². The van der Waals surface area contributed by atoms with Crippen molar-refractivity contribution in [2.75, 3.05) is 12.3 Å². The van der Waals surface area contributed by atoms with Gasteiger partial charge in [0.1, 0.15) is 6.10 Å². The van der Waals surface area contributed by atoms with Crippen molar-refractivity contribution in [2.24, 2.45) is 0 Å². The van der Waals surface area contributed by atoms with E-state index in [9.17, 15) is 18.7 Å². The van der Waals surface area contributed by atoms with Crippen molar-refractivity contribution >= 4 is 17.0 Å². The molecule has 1 amide bonds. The number of H-pyrrole nitrogens is 1. The zero-order valence-electron chi connectivity index (χ0n) is 17.6. The topological polar surface area (TPSA) is 95.0 Å². The molecule has 2 unspecified atom stereocenters. The van der Waals surface area contributed by atoms with Crippen LogP contribution >= 0.6 is 11.8 Å². The van der Waals surface area contributed by atoms with Gasteiger partial charge in [-0.05, 0) is 28.8 Å². The van der Waals surface area contributed by atoms with Gasteiger partial charge in [-0.2, -0.15) is 8.78 Å². The largest absolute Gasteiger partial charge is 0.382 e. The molecule has 0 spiro atoms. The summed E-state index contributed by atoms with van der Waals surface area (Å²) in [5, 5.41) is 24.0. The maximum Gasteiger partial charge on any atom is 0.302 e. The van der Waals surface area contributed by atoms with Gasteiger partial charge in [-0.25, -0.2) is 5.10 Å². The van der Waals surface area contributed by atoms with E-state index in [0.29, 0.717) is 31.0 Å².